The van der Waals surface area contributed by atoms with Gasteiger partial charge in [0.05, 0.1) is 5.41 Å². The third-order valence-corrected chi connectivity index (χ3v) is 7.55. The second-order valence-electron chi connectivity index (χ2n) is 8.43. The molecular formula is C20H30O2. The van der Waals surface area contributed by atoms with Crippen LogP contribution in [0.3, 0.4) is 0 Å². The van der Waals surface area contributed by atoms with E-state index < -0.39 is 11.4 Å². The first kappa shape index (κ1) is 15.8. The SMILES string of the molecule is C=CC1C(C)=CCC2C1CCC1C(C)(C(=O)O)CCCC21C. The van der Waals surface area contributed by atoms with Crippen LogP contribution in [0, 0.1) is 34.5 Å². The molecule has 0 aromatic rings. The maximum Gasteiger partial charge on any atom is 0.309 e. The first-order valence-corrected chi connectivity index (χ1v) is 8.87. The second kappa shape index (κ2) is 5.25. The highest BCUT2D eigenvalue weighted by molar-refractivity contribution is 5.75. The molecule has 0 heterocycles. The van der Waals surface area contributed by atoms with Crippen LogP contribution in [0.2, 0.25) is 0 Å². The Kier molecular flexibility index (Phi) is 3.78. The molecule has 2 nitrogen and oxygen atoms in total. The van der Waals surface area contributed by atoms with Gasteiger partial charge in [0.2, 0.25) is 0 Å². The quantitative estimate of drug-likeness (QED) is 0.724. The highest BCUT2D eigenvalue weighted by Crippen LogP contribution is 2.64. The normalized spacial score (nSPS) is 47.9. The van der Waals surface area contributed by atoms with Crippen LogP contribution in [-0.4, -0.2) is 11.1 Å². The van der Waals surface area contributed by atoms with E-state index in [0.717, 1.165) is 32.1 Å². The van der Waals surface area contributed by atoms with Gasteiger partial charge in [0.1, 0.15) is 0 Å². The molecule has 0 spiro atoms. The lowest BCUT2D eigenvalue weighted by molar-refractivity contribution is -0.170. The van der Waals surface area contributed by atoms with Gasteiger partial charge >= 0.3 is 5.97 Å². The van der Waals surface area contributed by atoms with Crippen molar-refractivity contribution in [2.24, 2.45) is 34.5 Å². The molecule has 3 aliphatic carbocycles. The van der Waals surface area contributed by atoms with E-state index in [1.807, 2.05) is 6.92 Å². The fourth-order valence-electron chi connectivity index (χ4n) is 6.33. The van der Waals surface area contributed by atoms with Gasteiger partial charge in [0, 0.05) is 5.92 Å². The molecule has 2 heteroatoms. The van der Waals surface area contributed by atoms with E-state index in [-0.39, 0.29) is 5.41 Å². The summed E-state index contributed by atoms with van der Waals surface area (Å²) in [6, 6.07) is 0. The smallest absolute Gasteiger partial charge is 0.309 e. The van der Waals surface area contributed by atoms with Crippen molar-refractivity contribution in [3.05, 3.63) is 24.3 Å². The van der Waals surface area contributed by atoms with Crippen molar-refractivity contribution in [2.45, 2.75) is 59.3 Å². The summed E-state index contributed by atoms with van der Waals surface area (Å²) in [5.74, 6) is 1.53. The summed E-state index contributed by atoms with van der Waals surface area (Å²) in [4.78, 5) is 12.0. The molecule has 6 atom stereocenters. The molecule has 0 amide bonds. The van der Waals surface area contributed by atoms with E-state index in [2.05, 4.69) is 32.6 Å². The number of rotatable bonds is 2. The van der Waals surface area contributed by atoms with Gasteiger partial charge in [-0.3, -0.25) is 4.79 Å². The van der Waals surface area contributed by atoms with E-state index in [1.165, 1.54) is 12.0 Å². The maximum absolute atomic E-state index is 12.0. The van der Waals surface area contributed by atoms with E-state index in [1.54, 1.807) is 0 Å². The third kappa shape index (κ3) is 2.02. The summed E-state index contributed by atoms with van der Waals surface area (Å²) in [5, 5.41) is 9.86. The number of fused-ring (bicyclic) bond motifs is 3. The van der Waals surface area contributed by atoms with Crippen LogP contribution >= 0.6 is 0 Å². The van der Waals surface area contributed by atoms with E-state index in [0.29, 0.717) is 23.7 Å². The van der Waals surface area contributed by atoms with Gasteiger partial charge in [-0.05, 0) is 69.1 Å². The Hall–Kier alpha value is -1.05. The van der Waals surface area contributed by atoms with Crippen LogP contribution in [-0.2, 0) is 4.79 Å². The fraction of sp³-hybridized carbons (Fsp3) is 0.750. The summed E-state index contributed by atoms with van der Waals surface area (Å²) in [7, 11) is 0. The molecule has 3 aliphatic rings. The number of carbonyl (C=O) groups is 1. The molecule has 22 heavy (non-hydrogen) atoms. The Balaban J connectivity index is 1.99. The standard InChI is InChI=1S/C20H30O2/c1-5-14-13(2)7-9-16-15(14)8-10-17-19(16,3)11-6-12-20(17,4)18(21)22/h5,7,14-17H,1,6,8-12H2,2-4H3,(H,21,22). The highest BCUT2D eigenvalue weighted by atomic mass is 16.4. The Morgan fingerprint density at radius 2 is 2.09 bits per heavy atom. The van der Waals surface area contributed by atoms with Gasteiger partial charge in [-0.2, -0.15) is 0 Å². The minimum absolute atomic E-state index is 0.173. The van der Waals surface area contributed by atoms with Crippen molar-refractivity contribution in [1.82, 2.24) is 0 Å². The first-order chi connectivity index (χ1) is 10.3. The van der Waals surface area contributed by atoms with Crippen LogP contribution < -0.4 is 0 Å². The largest absolute Gasteiger partial charge is 0.481 e. The topological polar surface area (TPSA) is 37.3 Å². The molecule has 2 saturated carbocycles. The Labute approximate surface area is 134 Å². The molecule has 0 radical (unpaired) electrons. The molecular weight excluding hydrogens is 272 g/mol. The van der Waals surface area contributed by atoms with E-state index >= 15 is 0 Å². The Bertz CT molecular complexity index is 520. The summed E-state index contributed by atoms with van der Waals surface area (Å²) >= 11 is 0. The molecule has 0 bridgehead atoms. The van der Waals surface area contributed by atoms with Crippen molar-refractivity contribution in [3.63, 3.8) is 0 Å². The number of carboxylic acids is 1. The van der Waals surface area contributed by atoms with Crippen molar-refractivity contribution in [1.29, 1.82) is 0 Å². The van der Waals surface area contributed by atoms with Gasteiger partial charge < -0.3 is 5.11 Å². The monoisotopic (exact) mass is 302 g/mol. The molecule has 6 unspecified atom stereocenters. The summed E-state index contributed by atoms with van der Waals surface area (Å²) < 4.78 is 0. The first-order valence-electron chi connectivity index (χ1n) is 8.87. The fourth-order valence-corrected chi connectivity index (χ4v) is 6.33. The van der Waals surface area contributed by atoms with Gasteiger partial charge in [0.15, 0.2) is 0 Å². The third-order valence-electron chi connectivity index (χ3n) is 7.55. The average molecular weight is 302 g/mol. The number of carboxylic acid groups (broad SMARTS) is 1. The Morgan fingerprint density at radius 1 is 1.36 bits per heavy atom. The average Bonchev–Trinajstić information content (AvgIpc) is 2.46. The molecule has 0 saturated heterocycles. The molecule has 0 aromatic heterocycles. The van der Waals surface area contributed by atoms with Crippen LogP contribution in [0.15, 0.2) is 24.3 Å². The molecule has 3 rings (SSSR count). The molecule has 122 valence electrons. The van der Waals surface area contributed by atoms with Crippen molar-refractivity contribution in [2.75, 3.05) is 0 Å². The lowest BCUT2D eigenvalue weighted by atomic mass is 9.43. The summed E-state index contributed by atoms with van der Waals surface area (Å²) in [6.45, 7) is 10.7. The minimum atomic E-state index is -0.579. The van der Waals surface area contributed by atoms with Gasteiger partial charge in [-0.15, -0.1) is 6.58 Å². The molecule has 0 aromatic carbocycles. The zero-order valence-electron chi connectivity index (χ0n) is 14.3. The molecule has 2 fully saturated rings. The summed E-state index contributed by atoms with van der Waals surface area (Å²) in [5.41, 5.74) is 1.11. The van der Waals surface area contributed by atoms with Crippen LogP contribution in [0.5, 0.6) is 0 Å². The zero-order valence-corrected chi connectivity index (χ0v) is 14.3. The van der Waals surface area contributed by atoms with Gasteiger partial charge in [0.25, 0.3) is 0 Å². The number of allylic oxidation sites excluding steroid dienone is 3. The predicted octanol–water partition coefficient (Wildman–Crippen LogP) is 5.06. The minimum Gasteiger partial charge on any atom is -0.481 e. The second-order valence-corrected chi connectivity index (χ2v) is 8.43. The van der Waals surface area contributed by atoms with E-state index in [9.17, 15) is 9.90 Å². The summed E-state index contributed by atoms with van der Waals surface area (Å²) in [6.07, 6.45) is 11.0. The highest BCUT2D eigenvalue weighted by Gasteiger charge is 2.59. The van der Waals surface area contributed by atoms with Crippen LogP contribution in [0.25, 0.3) is 0 Å². The zero-order chi connectivity index (χ0) is 16.1. The van der Waals surface area contributed by atoms with Gasteiger partial charge in [-0.25, -0.2) is 0 Å². The van der Waals surface area contributed by atoms with Crippen molar-refractivity contribution in [3.8, 4) is 0 Å². The number of hydrogen-bond acceptors (Lipinski definition) is 1. The van der Waals surface area contributed by atoms with Gasteiger partial charge in [-0.1, -0.05) is 31.1 Å². The van der Waals surface area contributed by atoms with Crippen molar-refractivity contribution >= 4 is 5.97 Å². The number of aliphatic carboxylic acids is 1. The van der Waals surface area contributed by atoms with Crippen LogP contribution in [0.4, 0.5) is 0 Å². The van der Waals surface area contributed by atoms with E-state index in [4.69, 9.17) is 0 Å². The molecule has 1 N–H and O–H groups in total. The van der Waals surface area contributed by atoms with Crippen LogP contribution in [0.1, 0.15) is 59.3 Å². The lowest BCUT2D eigenvalue weighted by Gasteiger charge is -2.60. The molecule has 0 aliphatic heterocycles. The Morgan fingerprint density at radius 3 is 2.73 bits per heavy atom. The number of hydrogen-bond donors (Lipinski definition) is 1. The van der Waals surface area contributed by atoms with Crippen molar-refractivity contribution < 1.29 is 9.90 Å². The maximum atomic E-state index is 12.0. The lowest BCUT2D eigenvalue weighted by Crippen LogP contribution is -2.56. The predicted molar refractivity (Wildman–Crippen MR) is 89.5 cm³/mol.